The van der Waals surface area contributed by atoms with Gasteiger partial charge in [0.2, 0.25) is 10.0 Å². The van der Waals surface area contributed by atoms with Crippen LogP contribution in [0.3, 0.4) is 0 Å². The van der Waals surface area contributed by atoms with Crippen LogP contribution in [-0.2, 0) is 21.4 Å². The number of benzene rings is 3. The Labute approximate surface area is 198 Å². The smallest absolute Gasteiger partial charge is 0.322 e. The molecule has 34 heavy (non-hydrogen) atoms. The number of ether oxygens (including phenoxy) is 1. The van der Waals surface area contributed by atoms with Gasteiger partial charge in [-0.2, -0.15) is 4.72 Å². The van der Waals surface area contributed by atoms with Crippen molar-refractivity contribution in [3.8, 4) is 16.9 Å². The molecule has 8 heteroatoms. The molecule has 1 heterocycles. The first kappa shape index (κ1) is 23.5. The maximum absolute atomic E-state index is 13.0. The van der Waals surface area contributed by atoms with Gasteiger partial charge < -0.3 is 14.3 Å². The van der Waals surface area contributed by atoms with Crippen LogP contribution >= 0.6 is 0 Å². The number of carboxylic acid groups (broad SMARTS) is 1. The molecule has 0 saturated carbocycles. The van der Waals surface area contributed by atoms with E-state index in [-0.39, 0.29) is 11.5 Å². The van der Waals surface area contributed by atoms with Gasteiger partial charge in [0.1, 0.15) is 29.7 Å². The second-order valence-corrected chi connectivity index (χ2v) is 9.96. The monoisotopic (exact) mass is 479 g/mol. The molecule has 0 bridgehead atoms. The van der Waals surface area contributed by atoms with E-state index in [1.165, 1.54) is 12.1 Å². The zero-order chi connectivity index (χ0) is 24.3. The van der Waals surface area contributed by atoms with E-state index in [0.717, 1.165) is 16.5 Å². The highest BCUT2D eigenvalue weighted by Crippen LogP contribution is 2.33. The molecule has 176 valence electrons. The highest BCUT2D eigenvalue weighted by atomic mass is 32.2. The molecule has 0 radical (unpaired) electrons. The van der Waals surface area contributed by atoms with Crippen molar-refractivity contribution in [2.75, 3.05) is 0 Å². The normalized spacial score (nSPS) is 12.7. The Morgan fingerprint density at radius 2 is 1.71 bits per heavy atom. The van der Waals surface area contributed by atoms with Crippen molar-refractivity contribution < 1.29 is 27.5 Å². The third kappa shape index (κ3) is 5.13. The van der Waals surface area contributed by atoms with Gasteiger partial charge in [0.05, 0.1) is 4.90 Å². The Hall–Kier alpha value is -3.62. The van der Waals surface area contributed by atoms with Crippen LogP contribution in [0.1, 0.15) is 19.6 Å². The van der Waals surface area contributed by atoms with E-state index in [1.807, 2.05) is 60.7 Å². The van der Waals surface area contributed by atoms with Gasteiger partial charge in [-0.05, 0) is 35.7 Å². The maximum Gasteiger partial charge on any atom is 0.322 e. The first-order chi connectivity index (χ1) is 16.2. The molecule has 0 fully saturated rings. The van der Waals surface area contributed by atoms with Crippen LogP contribution in [0.15, 0.2) is 88.2 Å². The number of hydrogen-bond acceptors (Lipinski definition) is 5. The molecule has 7 nitrogen and oxygen atoms in total. The number of hydrogen-bond donors (Lipinski definition) is 2. The third-order valence-corrected chi connectivity index (χ3v) is 6.85. The molecule has 1 atom stereocenters. The molecule has 1 unspecified atom stereocenters. The van der Waals surface area contributed by atoms with Gasteiger partial charge in [0.15, 0.2) is 0 Å². The predicted octanol–water partition coefficient (Wildman–Crippen LogP) is 5.07. The summed E-state index contributed by atoms with van der Waals surface area (Å²) in [5.74, 6) is -0.733. The molecule has 2 N–H and O–H groups in total. The van der Waals surface area contributed by atoms with Gasteiger partial charge in [0.25, 0.3) is 0 Å². The highest BCUT2D eigenvalue weighted by molar-refractivity contribution is 7.89. The molecule has 0 aliphatic rings. The van der Waals surface area contributed by atoms with Crippen LogP contribution in [0, 0.1) is 5.92 Å². The molecule has 1 aromatic heterocycles. The SMILES string of the molecule is CC(C)C(NS(=O)(=O)c1ccc(-c2ccccc2)c(OCc2cc3ccccc3o2)c1)C(=O)O. The van der Waals surface area contributed by atoms with Gasteiger partial charge in [-0.15, -0.1) is 0 Å². The minimum atomic E-state index is -4.11. The van der Waals surface area contributed by atoms with Crippen molar-refractivity contribution in [3.05, 3.63) is 84.6 Å². The van der Waals surface area contributed by atoms with E-state index in [1.54, 1.807) is 19.9 Å². The fourth-order valence-corrected chi connectivity index (χ4v) is 4.96. The van der Waals surface area contributed by atoms with Crippen LogP contribution in [0.2, 0.25) is 0 Å². The summed E-state index contributed by atoms with van der Waals surface area (Å²) < 4.78 is 40.1. The van der Waals surface area contributed by atoms with Crippen LogP contribution in [-0.4, -0.2) is 25.5 Å². The standard InChI is InChI=1S/C26H25NO6S/c1-17(2)25(26(28)29)27-34(30,31)21-12-13-22(18-8-4-3-5-9-18)24(15-21)32-16-20-14-19-10-6-7-11-23(19)33-20/h3-15,17,25,27H,16H2,1-2H3,(H,28,29). The average molecular weight is 480 g/mol. The van der Waals surface area contributed by atoms with E-state index in [2.05, 4.69) is 4.72 Å². The molecular formula is C26H25NO6S. The Morgan fingerprint density at radius 1 is 1.00 bits per heavy atom. The lowest BCUT2D eigenvalue weighted by Crippen LogP contribution is -2.44. The van der Waals surface area contributed by atoms with E-state index >= 15 is 0 Å². The number of sulfonamides is 1. The molecule has 0 aliphatic carbocycles. The van der Waals surface area contributed by atoms with E-state index < -0.39 is 28.0 Å². The van der Waals surface area contributed by atoms with Crippen molar-refractivity contribution in [1.82, 2.24) is 4.72 Å². The van der Waals surface area contributed by atoms with E-state index in [9.17, 15) is 18.3 Å². The Bertz CT molecular complexity index is 1380. The van der Waals surface area contributed by atoms with Crippen molar-refractivity contribution in [2.24, 2.45) is 5.92 Å². The Morgan fingerprint density at radius 3 is 2.38 bits per heavy atom. The second kappa shape index (κ2) is 9.70. The quantitative estimate of drug-likeness (QED) is 0.347. The summed E-state index contributed by atoms with van der Waals surface area (Å²) >= 11 is 0. The van der Waals surface area contributed by atoms with E-state index in [4.69, 9.17) is 9.15 Å². The summed E-state index contributed by atoms with van der Waals surface area (Å²) in [6.45, 7) is 3.37. The number of fused-ring (bicyclic) bond motifs is 1. The largest absolute Gasteiger partial charge is 0.485 e. The number of carboxylic acids is 1. The minimum absolute atomic E-state index is 0.0845. The summed E-state index contributed by atoms with van der Waals surface area (Å²) in [6, 6.07) is 22.2. The summed E-state index contributed by atoms with van der Waals surface area (Å²) in [4.78, 5) is 11.4. The molecule has 0 saturated heterocycles. The van der Waals surface area contributed by atoms with Crippen LogP contribution in [0.5, 0.6) is 5.75 Å². The summed E-state index contributed by atoms with van der Waals surface area (Å²) in [5, 5.41) is 10.4. The fourth-order valence-electron chi connectivity index (χ4n) is 3.61. The van der Waals surface area contributed by atoms with Gasteiger partial charge >= 0.3 is 5.97 Å². The molecule has 0 amide bonds. The summed E-state index contributed by atoms with van der Waals surface area (Å²) in [7, 11) is -4.11. The molecule has 3 aromatic carbocycles. The average Bonchev–Trinajstić information content (AvgIpc) is 3.24. The third-order valence-electron chi connectivity index (χ3n) is 5.41. The summed E-state index contributed by atoms with van der Waals surface area (Å²) in [6.07, 6.45) is 0. The summed E-state index contributed by atoms with van der Waals surface area (Å²) in [5.41, 5.74) is 2.29. The van der Waals surface area contributed by atoms with Crippen LogP contribution in [0.25, 0.3) is 22.1 Å². The lowest BCUT2D eigenvalue weighted by molar-refractivity contribution is -0.140. The molecule has 0 aliphatic heterocycles. The second-order valence-electron chi connectivity index (χ2n) is 8.24. The zero-order valence-corrected chi connectivity index (χ0v) is 19.6. The number of para-hydroxylation sites is 1. The minimum Gasteiger partial charge on any atom is -0.485 e. The number of rotatable bonds is 9. The lowest BCUT2D eigenvalue weighted by Gasteiger charge is -2.19. The predicted molar refractivity (Wildman–Crippen MR) is 129 cm³/mol. The van der Waals surface area contributed by atoms with Crippen molar-refractivity contribution in [2.45, 2.75) is 31.4 Å². The van der Waals surface area contributed by atoms with Crippen LogP contribution < -0.4 is 9.46 Å². The van der Waals surface area contributed by atoms with Gasteiger partial charge in [0, 0.05) is 17.0 Å². The Kier molecular flexibility index (Phi) is 6.72. The maximum atomic E-state index is 13.0. The first-order valence-electron chi connectivity index (χ1n) is 10.8. The van der Waals surface area contributed by atoms with Crippen molar-refractivity contribution >= 4 is 27.0 Å². The number of carbonyl (C=O) groups is 1. The van der Waals surface area contributed by atoms with Crippen molar-refractivity contribution in [1.29, 1.82) is 0 Å². The highest BCUT2D eigenvalue weighted by Gasteiger charge is 2.28. The topological polar surface area (TPSA) is 106 Å². The molecule has 4 aromatic rings. The zero-order valence-electron chi connectivity index (χ0n) is 18.8. The number of aliphatic carboxylic acids is 1. The molecule has 4 rings (SSSR count). The van der Waals surface area contributed by atoms with Gasteiger partial charge in [-0.1, -0.05) is 62.4 Å². The molecular weight excluding hydrogens is 454 g/mol. The molecule has 0 spiro atoms. The first-order valence-corrected chi connectivity index (χ1v) is 12.3. The Balaban J connectivity index is 1.68. The van der Waals surface area contributed by atoms with Gasteiger partial charge in [-0.25, -0.2) is 8.42 Å². The van der Waals surface area contributed by atoms with E-state index in [0.29, 0.717) is 17.1 Å². The van der Waals surface area contributed by atoms with Crippen molar-refractivity contribution in [3.63, 3.8) is 0 Å². The number of nitrogens with one attached hydrogen (secondary N) is 1. The lowest BCUT2D eigenvalue weighted by atomic mass is 10.0. The van der Waals surface area contributed by atoms with Crippen LogP contribution in [0.4, 0.5) is 0 Å². The van der Waals surface area contributed by atoms with Gasteiger partial charge in [-0.3, -0.25) is 4.79 Å². The fraction of sp³-hybridized carbons (Fsp3) is 0.192. The number of furan rings is 1.